The number of hydrogen-bond donors (Lipinski definition) is 2. The first-order valence-corrected chi connectivity index (χ1v) is 6.36. The second-order valence-electron chi connectivity index (χ2n) is 4.83. The molecule has 0 spiro atoms. The Bertz CT molecular complexity index is 277. The van der Waals surface area contributed by atoms with Crippen molar-refractivity contribution in [2.45, 2.75) is 44.3 Å². The van der Waals surface area contributed by atoms with Gasteiger partial charge >= 0.3 is 0 Å². The summed E-state index contributed by atoms with van der Waals surface area (Å²) in [6, 6.07) is 0.715. The Hall–Kier alpha value is -0.800. The van der Waals surface area contributed by atoms with E-state index in [9.17, 15) is 0 Å². The smallest absolute Gasteiger partial charge is 0.103 e. The summed E-state index contributed by atoms with van der Waals surface area (Å²) in [6.45, 7) is 0.638. The standard InChI is InChI=1S/C13H23N3/c1-16(12-7-3-2-4-8-12)13-11(10-14)6-5-9-15-13/h5-6,9,12-13,15H,2-4,7-8,10,14H2,1H3. The van der Waals surface area contributed by atoms with E-state index in [0.717, 1.165) is 0 Å². The molecule has 1 atom stereocenters. The first-order valence-electron chi connectivity index (χ1n) is 6.36. The van der Waals surface area contributed by atoms with Gasteiger partial charge in [-0.25, -0.2) is 0 Å². The lowest BCUT2D eigenvalue weighted by molar-refractivity contribution is 0.141. The SMILES string of the molecule is CN(C1CCCCC1)C1NC=CC=C1CN. The van der Waals surface area contributed by atoms with Crippen LogP contribution in [-0.4, -0.2) is 30.7 Å². The molecule has 2 aliphatic rings. The lowest BCUT2D eigenvalue weighted by atomic mass is 9.93. The second-order valence-corrected chi connectivity index (χ2v) is 4.83. The molecule has 0 amide bonds. The molecule has 1 heterocycles. The molecule has 3 heteroatoms. The summed E-state index contributed by atoms with van der Waals surface area (Å²) in [7, 11) is 2.22. The zero-order valence-electron chi connectivity index (χ0n) is 10.2. The van der Waals surface area contributed by atoms with E-state index < -0.39 is 0 Å². The molecule has 0 aromatic carbocycles. The van der Waals surface area contributed by atoms with E-state index in [2.05, 4.69) is 23.3 Å². The Kier molecular flexibility index (Phi) is 4.02. The minimum absolute atomic E-state index is 0.304. The third-order valence-electron chi connectivity index (χ3n) is 3.81. The summed E-state index contributed by atoms with van der Waals surface area (Å²) in [5.41, 5.74) is 7.08. The Balaban J connectivity index is 2.00. The third kappa shape index (κ3) is 2.47. The van der Waals surface area contributed by atoms with Crippen LogP contribution in [-0.2, 0) is 0 Å². The molecule has 1 aliphatic carbocycles. The molecule has 0 aromatic rings. The highest BCUT2D eigenvalue weighted by Crippen LogP contribution is 2.24. The van der Waals surface area contributed by atoms with Crippen LogP contribution in [0.2, 0.25) is 0 Å². The largest absolute Gasteiger partial charge is 0.372 e. The molecule has 1 saturated carbocycles. The summed E-state index contributed by atoms with van der Waals surface area (Å²) in [5.74, 6) is 0. The number of allylic oxidation sites excluding steroid dienone is 2. The molecule has 1 fully saturated rings. The normalized spacial score (nSPS) is 26.7. The average Bonchev–Trinajstić information content (AvgIpc) is 2.39. The summed E-state index contributed by atoms with van der Waals surface area (Å²) < 4.78 is 0. The Morgan fingerprint density at radius 3 is 2.81 bits per heavy atom. The molecule has 3 N–H and O–H groups in total. The van der Waals surface area contributed by atoms with Gasteiger partial charge in [-0.05, 0) is 37.7 Å². The minimum Gasteiger partial charge on any atom is -0.372 e. The number of dihydropyridines is 1. The molecular weight excluding hydrogens is 198 g/mol. The van der Waals surface area contributed by atoms with Crippen molar-refractivity contribution in [3.8, 4) is 0 Å². The maximum atomic E-state index is 5.79. The van der Waals surface area contributed by atoms with Gasteiger partial charge in [0, 0.05) is 12.6 Å². The molecule has 1 unspecified atom stereocenters. The molecule has 0 saturated heterocycles. The van der Waals surface area contributed by atoms with E-state index in [1.54, 1.807) is 0 Å². The van der Waals surface area contributed by atoms with Gasteiger partial charge in [0.05, 0.1) is 0 Å². The molecule has 0 bridgehead atoms. The van der Waals surface area contributed by atoms with E-state index >= 15 is 0 Å². The zero-order valence-corrected chi connectivity index (χ0v) is 10.2. The molecule has 90 valence electrons. The van der Waals surface area contributed by atoms with Gasteiger partial charge in [0.2, 0.25) is 0 Å². The molecule has 16 heavy (non-hydrogen) atoms. The van der Waals surface area contributed by atoms with Gasteiger partial charge < -0.3 is 11.1 Å². The maximum Gasteiger partial charge on any atom is 0.103 e. The highest BCUT2D eigenvalue weighted by Gasteiger charge is 2.26. The predicted molar refractivity (Wildman–Crippen MR) is 67.8 cm³/mol. The minimum atomic E-state index is 0.304. The van der Waals surface area contributed by atoms with Crippen molar-refractivity contribution in [3.05, 3.63) is 23.9 Å². The maximum absolute atomic E-state index is 5.79. The van der Waals surface area contributed by atoms with Crippen molar-refractivity contribution < 1.29 is 0 Å². The van der Waals surface area contributed by atoms with E-state index in [1.165, 1.54) is 37.7 Å². The highest BCUT2D eigenvalue weighted by molar-refractivity contribution is 5.23. The van der Waals surface area contributed by atoms with Crippen LogP contribution in [0.4, 0.5) is 0 Å². The van der Waals surface area contributed by atoms with Crippen LogP contribution in [0.3, 0.4) is 0 Å². The third-order valence-corrected chi connectivity index (χ3v) is 3.81. The zero-order chi connectivity index (χ0) is 11.4. The molecule has 0 radical (unpaired) electrons. The average molecular weight is 221 g/mol. The Labute approximate surface area is 98.4 Å². The van der Waals surface area contributed by atoms with E-state index in [4.69, 9.17) is 5.73 Å². The summed E-state index contributed by atoms with van der Waals surface area (Å²) >= 11 is 0. The Morgan fingerprint density at radius 2 is 2.12 bits per heavy atom. The predicted octanol–water partition coefficient (Wildman–Crippen LogP) is 1.58. The molecule has 0 aromatic heterocycles. The van der Waals surface area contributed by atoms with Gasteiger partial charge in [0.15, 0.2) is 0 Å². The van der Waals surface area contributed by atoms with Crippen LogP contribution in [0.25, 0.3) is 0 Å². The van der Waals surface area contributed by atoms with Crippen molar-refractivity contribution >= 4 is 0 Å². The lowest BCUT2D eigenvalue weighted by Crippen LogP contribution is -2.50. The summed E-state index contributed by atoms with van der Waals surface area (Å²) in [4.78, 5) is 2.46. The fraction of sp³-hybridized carbons (Fsp3) is 0.692. The van der Waals surface area contributed by atoms with Gasteiger partial charge in [0.25, 0.3) is 0 Å². The number of nitrogens with two attached hydrogens (primary N) is 1. The van der Waals surface area contributed by atoms with Crippen molar-refractivity contribution in [1.82, 2.24) is 10.2 Å². The van der Waals surface area contributed by atoms with Crippen molar-refractivity contribution in [2.75, 3.05) is 13.6 Å². The number of nitrogens with one attached hydrogen (secondary N) is 1. The topological polar surface area (TPSA) is 41.3 Å². The van der Waals surface area contributed by atoms with Gasteiger partial charge in [-0.3, -0.25) is 4.90 Å². The van der Waals surface area contributed by atoms with Gasteiger partial charge in [-0.15, -0.1) is 0 Å². The van der Waals surface area contributed by atoms with Crippen molar-refractivity contribution in [1.29, 1.82) is 0 Å². The van der Waals surface area contributed by atoms with E-state index in [0.29, 0.717) is 18.8 Å². The number of likely N-dealkylation sites (N-methyl/N-ethyl adjacent to an activating group) is 1. The fourth-order valence-corrected chi connectivity index (χ4v) is 2.77. The van der Waals surface area contributed by atoms with Gasteiger partial charge in [-0.1, -0.05) is 25.3 Å². The van der Waals surface area contributed by atoms with E-state index in [-0.39, 0.29) is 0 Å². The van der Waals surface area contributed by atoms with Gasteiger partial charge in [0.1, 0.15) is 6.17 Å². The van der Waals surface area contributed by atoms with Gasteiger partial charge in [-0.2, -0.15) is 0 Å². The first kappa shape index (κ1) is 11.7. The van der Waals surface area contributed by atoms with Crippen LogP contribution in [0, 0.1) is 0 Å². The molecule has 3 nitrogen and oxygen atoms in total. The number of rotatable bonds is 3. The second kappa shape index (κ2) is 5.51. The highest BCUT2D eigenvalue weighted by atomic mass is 15.3. The van der Waals surface area contributed by atoms with Crippen LogP contribution in [0.15, 0.2) is 23.9 Å². The number of nitrogens with zero attached hydrogens (tertiary/aromatic N) is 1. The molecule has 1 aliphatic heterocycles. The van der Waals surface area contributed by atoms with Crippen molar-refractivity contribution in [3.63, 3.8) is 0 Å². The molecular formula is C13H23N3. The van der Waals surface area contributed by atoms with Crippen LogP contribution < -0.4 is 11.1 Å². The lowest BCUT2D eigenvalue weighted by Gasteiger charge is -2.39. The Morgan fingerprint density at radius 1 is 1.38 bits per heavy atom. The first-order chi connectivity index (χ1) is 7.83. The fourth-order valence-electron chi connectivity index (χ4n) is 2.77. The quantitative estimate of drug-likeness (QED) is 0.760. The monoisotopic (exact) mass is 221 g/mol. The summed E-state index contributed by atoms with van der Waals surface area (Å²) in [6.07, 6.45) is 13.3. The van der Waals surface area contributed by atoms with Crippen LogP contribution in [0.5, 0.6) is 0 Å². The van der Waals surface area contributed by atoms with Crippen LogP contribution in [0.1, 0.15) is 32.1 Å². The summed E-state index contributed by atoms with van der Waals surface area (Å²) in [5, 5.41) is 3.41. The van der Waals surface area contributed by atoms with E-state index in [1.807, 2.05) is 12.3 Å². The molecule has 2 rings (SSSR count). The van der Waals surface area contributed by atoms with Crippen molar-refractivity contribution in [2.24, 2.45) is 5.73 Å². The van der Waals surface area contributed by atoms with Crippen LogP contribution >= 0.6 is 0 Å². The number of hydrogen-bond acceptors (Lipinski definition) is 3.